The Morgan fingerprint density at radius 1 is 1.27 bits per heavy atom. The number of piperazine rings is 1. The lowest BCUT2D eigenvalue weighted by Gasteiger charge is -2.37. The minimum atomic E-state index is -0.727. The van der Waals surface area contributed by atoms with Gasteiger partial charge >= 0.3 is 0 Å². The Morgan fingerprint density at radius 3 is 2.62 bits per heavy atom. The number of pyridine rings is 1. The third kappa shape index (κ3) is 5.68. The molecule has 0 radical (unpaired) electrons. The molecule has 0 aliphatic carbocycles. The number of halogens is 1. The Morgan fingerprint density at radius 2 is 2.00 bits per heavy atom. The molecule has 1 aromatic heterocycles. The Hall–Kier alpha value is -1.13. The fourth-order valence-corrected chi connectivity index (χ4v) is 3.25. The van der Waals surface area contributed by atoms with Gasteiger partial charge in [0.15, 0.2) is 5.96 Å². The van der Waals surface area contributed by atoms with E-state index in [1.54, 1.807) is 0 Å². The summed E-state index contributed by atoms with van der Waals surface area (Å²) in [6, 6.07) is 6.02. The van der Waals surface area contributed by atoms with Gasteiger partial charge in [-0.2, -0.15) is 0 Å². The average molecular weight is 475 g/mol. The third-order valence-corrected chi connectivity index (χ3v) is 4.83. The number of aliphatic hydroxyl groups is 1. The number of ether oxygens (including phenoxy) is 1. The molecule has 0 amide bonds. The average Bonchev–Trinajstić information content (AvgIpc) is 2.67. The summed E-state index contributed by atoms with van der Waals surface area (Å²) in [5.74, 6) is 1.92. The molecule has 8 heteroatoms. The highest BCUT2D eigenvalue weighted by Gasteiger charge is 2.30. The monoisotopic (exact) mass is 475 g/mol. The number of anilines is 1. The van der Waals surface area contributed by atoms with Crippen molar-refractivity contribution in [2.45, 2.75) is 25.4 Å². The summed E-state index contributed by atoms with van der Waals surface area (Å²) in [4.78, 5) is 13.7. The van der Waals surface area contributed by atoms with E-state index < -0.39 is 5.60 Å². The van der Waals surface area contributed by atoms with Gasteiger partial charge in [0.2, 0.25) is 0 Å². The largest absolute Gasteiger partial charge is 0.388 e. The summed E-state index contributed by atoms with van der Waals surface area (Å²) in [6.45, 7) is 8.17. The maximum Gasteiger partial charge on any atom is 0.194 e. The van der Waals surface area contributed by atoms with Crippen LogP contribution >= 0.6 is 24.0 Å². The summed E-state index contributed by atoms with van der Waals surface area (Å²) >= 11 is 0. The second kappa shape index (κ2) is 10.3. The molecule has 3 rings (SSSR count). The molecule has 2 fully saturated rings. The van der Waals surface area contributed by atoms with Gasteiger partial charge < -0.3 is 25.0 Å². The number of nitrogens with one attached hydrogen (secondary N) is 1. The highest BCUT2D eigenvalue weighted by atomic mass is 127. The minimum absolute atomic E-state index is 0. The highest BCUT2D eigenvalue weighted by Crippen LogP contribution is 2.21. The minimum Gasteiger partial charge on any atom is -0.388 e. The molecule has 1 aromatic rings. The molecule has 2 saturated heterocycles. The van der Waals surface area contributed by atoms with E-state index in [1.165, 1.54) is 0 Å². The van der Waals surface area contributed by atoms with Crippen molar-refractivity contribution in [1.29, 1.82) is 0 Å². The van der Waals surface area contributed by atoms with Crippen molar-refractivity contribution < 1.29 is 9.84 Å². The Bertz CT molecular complexity index is 558. The Kier molecular flexibility index (Phi) is 8.36. The predicted octanol–water partition coefficient (Wildman–Crippen LogP) is 1.33. The predicted molar refractivity (Wildman–Crippen MR) is 114 cm³/mol. The van der Waals surface area contributed by atoms with Crippen molar-refractivity contribution in [3.05, 3.63) is 24.4 Å². The first-order valence-corrected chi connectivity index (χ1v) is 9.19. The molecule has 7 nitrogen and oxygen atoms in total. The van der Waals surface area contributed by atoms with Gasteiger partial charge in [0.05, 0.1) is 12.1 Å². The molecule has 3 heterocycles. The summed E-state index contributed by atoms with van der Waals surface area (Å²) in [6.07, 6.45) is 3.15. The van der Waals surface area contributed by atoms with Gasteiger partial charge in [-0.25, -0.2) is 4.98 Å². The molecule has 2 aliphatic heterocycles. The fourth-order valence-electron chi connectivity index (χ4n) is 3.25. The number of rotatable bonds is 4. The molecule has 0 spiro atoms. The lowest BCUT2D eigenvalue weighted by Crippen LogP contribution is -2.53. The number of guanidine groups is 1. The van der Waals surface area contributed by atoms with Crippen LogP contribution in [0.4, 0.5) is 5.82 Å². The standard InChI is InChI=1S/C18H29N5O2.HI/c1-2-19-17(21-15-18(24)6-13-25-14-7-18)23-11-9-22(10-12-23)16-5-3-4-8-20-16;/h3-5,8,24H,2,6-7,9-15H2,1H3,(H,19,21);1H. The van der Waals surface area contributed by atoms with E-state index in [4.69, 9.17) is 9.73 Å². The molecule has 2 aliphatic rings. The van der Waals surface area contributed by atoms with Crippen molar-refractivity contribution in [1.82, 2.24) is 15.2 Å². The van der Waals surface area contributed by atoms with E-state index >= 15 is 0 Å². The van der Waals surface area contributed by atoms with Crippen LogP contribution in [-0.4, -0.2) is 79.0 Å². The summed E-state index contributed by atoms with van der Waals surface area (Å²) in [5.41, 5.74) is -0.727. The lowest BCUT2D eigenvalue weighted by molar-refractivity contribution is -0.0566. The van der Waals surface area contributed by atoms with E-state index in [0.717, 1.165) is 44.5 Å². The number of hydrogen-bond donors (Lipinski definition) is 2. The van der Waals surface area contributed by atoms with Gasteiger partial charge in [0.1, 0.15) is 5.82 Å². The molecule has 0 unspecified atom stereocenters. The van der Waals surface area contributed by atoms with Crippen LogP contribution in [0.2, 0.25) is 0 Å². The van der Waals surface area contributed by atoms with E-state index in [1.807, 2.05) is 18.3 Å². The van der Waals surface area contributed by atoms with Crippen LogP contribution in [0.3, 0.4) is 0 Å². The zero-order chi connectivity index (χ0) is 17.5. The van der Waals surface area contributed by atoms with Crippen molar-refractivity contribution in [2.75, 3.05) is 57.4 Å². The van der Waals surface area contributed by atoms with Crippen LogP contribution in [-0.2, 0) is 4.74 Å². The van der Waals surface area contributed by atoms with Gasteiger partial charge in [0.25, 0.3) is 0 Å². The smallest absolute Gasteiger partial charge is 0.194 e. The highest BCUT2D eigenvalue weighted by molar-refractivity contribution is 14.0. The van der Waals surface area contributed by atoms with Crippen LogP contribution < -0.4 is 10.2 Å². The number of aromatic nitrogens is 1. The zero-order valence-electron chi connectivity index (χ0n) is 15.4. The summed E-state index contributed by atoms with van der Waals surface area (Å²) < 4.78 is 5.34. The molecule has 0 aromatic carbocycles. The molecule has 0 atom stereocenters. The normalized spacial score (nSPS) is 20.5. The number of hydrogen-bond acceptors (Lipinski definition) is 5. The lowest BCUT2D eigenvalue weighted by atomic mass is 9.95. The first-order chi connectivity index (χ1) is 12.2. The Labute approximate surface area is 172 Å². The summed E-state index contributed by atoms with van der Waals surface area (Å²) in [5, 5.41) is 14.0. The molecule has 0 bridgehead atoms. The van der Waals surface area contributed by atoms with Crippen molar-refractivity contribution in [2.24, 2.45) is 4.99 Å². The zero-order valence-corrected chi connectivity index (χ0v) is 17.8. The quantitative estimate of drug-likeness (QED) is 0.389. The van der Waals surface area contributed by atoms with Gasteiger partial charge in [-0.05, 0) is 19.1 Å². The van der Waals surface area contributed by atoms with Crippen LogP contribution in [0, 0.1) is 0 Å². The maximum atomic E-state index is 10.6. The topological polar surface area (TPSA) is 73.2 Å². The van der Waals surface area contributed by atoms with Gasteiger partial charge in [-0.3, -0.25) is 4.99 Å². The van der Waals surface area contributed by atoms with Crippen LogP contribution in [0.1, 0.15) is 19.8 Å². The van der Waals surface area contributed by atoms with Crippen LogP contribution in [0.15, 0.2) is 29.4 Å². The van der Waals surface area contributed by atoms with Gasteiger partial charge in [0, 0.05) is 65.0 Å². The first kappa shape index (κ1) is 21.2. The molecular weight excluding hydrogens is 445 g/mol. The summed E-state index contributed by atoms with van der Waals surface area (Å²) in [7, 11) is 0. The van der Waals surface area contributed by atoms with E-state index in [2.05, 4.69) is 33.1 Å². The first-order valence-electron chi connectivity index (χ1n) is 9.19. The van der Waals surface area contributed by atoms with Crippen molar-refractivity contribution >= 4 is 35.8 Å². The second-order valence-electron chi connectivity index (χ2n) is 6.67. The van der Waals surface area contributed by atoms with Crippen molar-refractivity contribution in [3.8, 4) is 0 Å². The van der Waals surface area contributed by atoms with E-state index in [0.29, 0.717) is 32.6 Å². The van der Waals surface area contributed by atoms with Gasteiger partial charge in [-0.1, -0.05) is 6.07 Å². The molecule has 146 valence electrons. The van der Waals surface area contributed by atoms with Crippen LogP contribution in [0.5, 0.6) is 0 Å². The number of nitrogens with zero attached hydrogens (tertiary/aromatic N) is 4. The third-order valence-electron chi connectivity index (χ3n) is 4.83. The molecular formula is C18H30IN5O2. The maximum absolute atomic E-state index is 10.6. The van der Waals surface area contributed by atoms with E-state index in [-0.39, 0.29) is 24.0 Å². The van der Waals surface area contributed by atoms with Gasteiger partial charge in [-0.15, -0.1) is 24.0 Å². The Balaban J connectivity index is 0.00000243. The van der Waals surface area contributed by atoms with E-state index in [9.17, 15) is 5.11 Å². The van der Waals surface area contributed by atoms with Crippen molar-refractivity contribution in [3.63, 3.8) is 0 Å². The fraction of sp³-hybridized carbons (Fsp3) is 0.667. The molecule has 26 heavy (non-hydrogen) atoms. The molecule has 2 N–H and O–H groups in total. The second-order valence-corrected chi connectivity index (χ2v) is 6.67. The van der Waals surface area contributed by atoms with Crippen LogP contribution in [0.25, 0.3) is 0 Å². The molecule has 0 saturated carbocycles. The number of aliphatic imine (C=N–C) groups is 1. The SMILES string of the molecule is CCNC(=NCC1(O)CCOCC1)N1CCN(c2ccccn2)CC1.I.